The number of allylic oxidation sites excluding steroid dienone is 2. The molecule has 0 saturated heterocycles. The second kappa shape index (κ2) is 8.37. The lowest BCUT2D eigenvalue weighted by Gasteiger charge is -2.08. The van der Waals surface area contributed by atoms with Crippen LogP contribution in [0.15, 0.2) is 72.3 Å². The van der Waals surface area contributed by atoms with Crippen LogP contribution in [0.4, 0.5) is 0 Å². The fraction of sp³-hybridized carbons (Fsp3) is 0.300. The van der Waals surface area contributed by atoms with Gasteiger partial charge in [0.25, 0.3) is 0 Å². The van der Waals surface area contributed by atoms with E-state index in [4.69, 9.17) is 0 Å². The second-order valence-corrected chi connectivity index (χ2v) is 5.32. The van der Waals surface area contributed by atoms with Gasteiger partial charge in [0.15, 0.2) is 0 Å². The molecule has 20 heavy (non-hydrogen) atoms. The average molecular weight is 264 g/mol. The van der Waals surface area contributed by atoms with Gasteiger partial charge in [0, 0.05) is 0 Å². The Morgan fingerprint density at radius 1 is 0.850 bits per heavy atom. The molecule has 2 aromatic rings. The fourth-order valence-electron chi connectivity index (χ4n) is 2.40. The van der Waals surface area contributed by atoms with Gasteiger partial charge in [-0.2, -0.15) is 0 Å². The number of hydrogen-bond donors (Lipinski definition) is 0. The topological polar surface area (TPSA) is 0 Å². The van der Waals surface area contributed by atoms with Crippen LogP contribution in [0, 0.1) is 0 Å². The highest BCUT2D eigenvalue weighted by molar-refractivity contribution is 5.24. The third-order valence-corrected chi connectivity index (χ3v) is 3.59. The zero-order valence-corrected chi connectivity index (χ0v) is 12.4. The molecule has 0 aliphatic carbocycles. The molecule has 104 valence electrons. The Kier molecular flexibility index (Phi) is 6.10. The van der Waals surface area contributed by atoms with Crippen LogP contribution in [0.25, 0.3) is 0 Å². The van der Waals surface area contributed by atoms with Crippen molar-refractivity contribution in [1.82, 2.24) is 0 Å². The monoisotopic (exact) mass is 264 g/mol. The Hall–Kier alpha value is -1.82. The van der Waals surface area contributed by atoms with Crippen LogP contribution in [0.3, 0.4) is 0 Å². The maximum Gasteiger partial charge on any atom is -0.00670 e. The third kappa shape index (κ3) is 5.05. The van der Waals surface area contributed by atoms with E-state index in [0.717, 1.165) is 12.8 Å². The Morgan fingerprint density at radius 2 is 1.45 bits per heavy atom. The minimum atomic E-state index is 1.05. The zero-order chi connectivity index (χ0) is 14.0. The van der Waals surface area contributed by atoms with Crippen molar-refractivity contribution in [3.05, 3.63) is 83.4 Å². The Bertz CT molecular complexity index is 508. The van der Waals surface area contributed by atoms with Crippen LogP contribution in [0.2, 0.25) is 0 Å². The summed E-state index contributed by atoms with van der Waals surface area (Å²) in [5, 5.41) is 0. The predicted molar refractivity (Wildman–Crippen MR) is 87.9 cm³/mol. The minimum Gasteiger partial charge on any atom is -0.0806 e. The van der Waals surface area contributed by atoms with E-state index >= 15 is 0 Å². The van der Waals surface area contributed by atoms with Gasteiger partial charge in [-0.3, -0.25) is 0 Å². The Balaban J connectivity index is 2.02. The van der Waals surface area contributed by atoms with Gasteiger partial charge in [-0.1, -0.05) is 85.7 Å². The smallest absolute Gasteiger partial charge is 0.00670 e. The summed E-state index contributed by atoms with van der Waals surface area (Å²) in [6.45, 7) is 2.26. The molecular formula is C20H24. The molecule has 0 nitrogen and oxygen atoms in total. The second-order valence-electron chi connectivity index (χ2n) is 5.32. The molecule has 2 rings (SSSR count). The molecule has 0 aliphatic rings. The summed E-state index contributed by atoms with van der Waals surface area (Å²) in [7, 11) is 0. The molecule has 0 amide bonds. The summed E-state index contributed by atoms with van der Waals surface area (Å²) in [6, 6.07) is 21.5. The van der Waals surface area contributed by atoms with E-state index in [0.29, 0.717) is 0 Å². The minimum absolute atomic E-state index is 1.05. The van der Waals surface area contributed by atoms with Gasteiger partial charge >= 0.3 is 0 Å². The Labute approximate surface area is 123 Å². The summed E-state index contributed by atoms with van der Waals surface area (Å²) in [4.78, 5) is 0. The van der Waals surface area contributed by atoms with Crippen molar-refractivity contribution in [3.8, 4) is 0 Å². The van der Waals surface area contributed by atoms with Crippen LogP contribution >= 0.6 is 0 Å². The van der Waals surface area contributed by atoms with Crippen molar-refractivity contribution in [2.45, 2.75) is 39.0 Å². The van der Waals surface area contributed by atoms with Crippen molar-refractivity contribution >= 4 is 0 Å². The number of rotatable bonds is 7. The fourth-order valence-corrected chi connectivity index (χ4v) is 2.40. The van der Waals surface area contributed by atoms with E-state index in [1.807, 2.05) is 0 Å². The van der Waals surface area contributed by atoms with E-state index in [2.05, 4.69) is 73.7 Å². The van der Waals surface area contributed by atoms with Gasteiger partial charge in [-0.15, -0.1) is 0 Å². The molecule has 0 saturated carbocycles. The summed E-state index contributed by atoms with van der Waals surface area (Å²) >= 11 is 0. The lowest BCUT2D eigenvalue weighted by atomic mass is 9.98. The first-order chi connectivity index (χ1) is 9.88. The maximum atomic E-state index is 2.43. The SMILES string of the molecule is CCCC/C(=C/Cc1ccccc1)Cc1ccccc1. The summed E-state index contributed by atoms with van der Waals surface area (Å²) < 4.78 is 0. The van der Waals surface area contributed by atoms with Crippen molar-refractivity contribution in [2.75, 3.05) is 0 Å². The molecule has 0 spiro atoms. The summed E-state index contributed by atoms with van der Waals surface area (Å²) in [5.41, 5.74) is 4.39. The summed E-state index contributed by atoms with van der Waals surface area (Å²) in [6.07, 6.45) is 8.33. The van der Waals surface area contributed by atoms with E-state index < -0.39 is 0 Å². The van der Waals surface area contributed by atoms with Crippen LogP contribution in [-0.2, 0) is 12.8 Å². The van der Waals surface area contributed by atoms with Gasteiger partial charge in [-0.25, -0.2) is 0 Å². The highest BCUT2D eigenvalue weighted by atomic mass is 14.1. The molecular weight excluding hydrogens is 240 g/mol. The first kappa shape index (κ1) is 14.6. The molecule has 0 heterocycles. The number of unbranched alkanes of at least 4 members (excludes halogenated alkanes) is 1. The Morgan fingerprint density at radius 3 is 2.05 bits per heavy atom. The van der Waals surface area contributed by atoms with Crippen molar-refractivity contribution in [1.29, 1.82) is 0 Å². The average Bonchev–Trinajstić information content (AvgIpc) is 2.52. The third-order valence-electron chi connectivity index (χ3n) is 3.59. The van der Waals surface area contributed by atoms with E-state index in [9.17, 15) is 0 Å². The quantitative estimate of drug-likeness (QED) is 0.572. The largest absolute Gasteiger partial charge is 0.0806 e. The highest BCUT2D eigenvalue weighted by Gasteiger charge is 2.00. The van der Waals surface area contributed by atoms with Crippen LogP contribution in [0.1, 0.15) is 37.3 Å². The normalized spacial score (nSPS) is 11.6. The van der Waals surface area contributed by atoms with E-state index in [1.165, 1.54) is 30.4 Å². The molecule has 0 aliphatic heterocycles. The zero-order valence-electron chi connectivity index (χ0n) is 12.4. The molecule has 0 atom stereocenters. The maximum absolute atomic E-state index is 2.43. The first-order valence-corrected chi connectivity index (χ1v) is 7.64. The first-order valence-electron chi connectivity index (χ1n) is 7.64. The van der Waals surface area contributed by atoms with Crippen molar-refractivity contribution in [3.63, 3.8) is 0 Å². The molecule has 0 fully saturated rings. The summed E-state index contributed by atoms with van der Waals surface area (Å²) in [5.74, 6) is 0. The van der Waals surface area contributed by atoms with Gasteiger partial charge in [0.05, 0.1) is 0 Å². The van der Waals surface area contributed by atoms with Gasteiger partial charge in [0.2, 0.25) is 0 Å². The molecule has 0 N–H and O–H groups in total. The van der Waals surface area contributed by atoms with Crippen molar-refractivity contribution in [2.24, 2.45) is 0 Å². The van der Waals surface area contributed by atoms with E-state index in [-0.39, 0.29) is 0 Å². The number of benzene rings is 2. The highest BCUT2D eigenvalue weighted by Crippen LogP contribution is 2.16. The van der Waals surface area contributed by atoms with Crippen LogP contribution in [0.5, 0.6) is 0 Å². The van der Waals surface area contributed by atoms with Gasteiger partial charge in [0.1, 0.15) is 0 Å². The van der Waals surface area contributed by atoms with E-state index in [1.54, 1.807) is 5.57 Å². The predicted octanol–water partition coefficient (Wildman–Crippen LogP) is 5.59. The molecule has 0 heteroatoms. The molecule has 0 aromatic heterocycles. The molecule has 0 bridgehead atoms. The van der Waals surface area contributed by atoms with Crippen LogP contribution < -0.4 is 0 Å². The van der Waals surface area contributed by atoms with Crippen molar-refractivity contribution < 1.29 is 0 Å². The lowest BCUT2D eigenvalue weighted by molar-refractivity contribution is 0.768. The molecule has 0 radical (unpaired) electrons. The molecule has 2 aromatic carbocycles. The van der Waals surface area contributed by atoms with Gasteiger partial charge < -0.3 is 0 Å². The number of hydrogen-bond acceptors (Lipinski definition) is 0. The lowest BCUT2D eigenvalue weighted by Crippen LogP contribution is -1.93. The standard InChI is InChI=1S/C20H24/c1-2-3-10-20(17-19-13-8-5-9-14-19)16-15-18-11-6-4-7-12-18/h4-9,11-14,16H,2-3,10,15,17H2,1H3/b20-16-. The van der Waals surface area contributed by atoms with Gasteiger partial charge in [-0.05, 0) is 36.8 Å². The van der Waals surface area contributed by atoms with Crippen LogP contribution in [-0.4, -0.2) is 0 Å². The molecule has 0 unspecified atom stereocenters.